The van der Waals surface area contributed by atoms with Crippen LogP contribution in [-0.4, -0.2) is 10.9 Å². The van der Waals surface area contributed by atoms with E-state index in [0.717, 1.165) is 15.5 Å². The van der Waals surface area contributed by atoms with Gasteiger partial charge in [-0.3, -0.25) is 9.78 Å². The summed E-state index contributed by atoms with van der Waals surface area (Å²) in [4.78, 5) is 17.1. The number of nitrogens with one attached hydrogen (secondary N) is 1. The number of amides is 1. The molecule has 0 saturated heterocycles. The fourth-order valence-electron chi connectivity index (χ4n) is 2.33. The highest BCUT2D eigenvalue weighted by atomic mass is 79.9. The van der Waals surface area contributed by atoms with Gasteiger partial charge in [0.2, 0.25) is 0 Å². The standard InChI is InChI=1S/C16H10BrF3N2OS/c17-9-5-10(24-8-9)6-22-15(23)12-7-21-13-4-2-1-3-11(13)14(12)16(18,19)20/h1-5,7-8H,6H2,(H,22,23). The molecule has 124 valence electrons. The highest BCUT2D eigenvalue weighted by molar-refractivity contribution is 9.10. The molecule has 0 fully saturated rings. The second kappa shape index (κ2) is 6.52. The maximum atomic E-state index is 13.5. The number of hydrogen-bond donors (Lipinski definition) is 1. The quantitative estimate of drug-likeness (QED) is 0.654. The van der Waals surface area contributed by atoms with Gasteiger partial charge >= 0.3 is 6.18 Å². The van der Waals surface area contributed by atoms with Gasteiger partial charge in [0.05, 0.1) is 23.2 Å². The minimum Gasteiger partial charge on any atom is -0.347 e. The molecule has 0 unspecified atom stereocenters. The second-order valence-electron chi connectivity index (χ2n) is 4.98. The van der Waals surface area contributed by atoms with Crippen LogP contribution in [0, 0.1) is 0 Å². The van der Waals surface area contributed by atoms with Crippen molar-refractivity contribution in [3.63, 3.8) is 0 Å². The first-order valence-electron chi connectivity index (χ1n) is 6.82. The molecule has 1 N–H and O–H groups in total. The maximum Gasteiger partial charge on any atom is 0.417 e. The Labute approximate surface area is 147 Å². The molecule has 0 atom stereocenters. The molecule has 1 aromatic carbocycles. The second-order valence-corrected chi connectivity index (χ2v) is 6.89. The summed E-state index contributed by atoms with van der Waals surface area (Å²) in [5, 5.41) is 4.26. The Balaban J connectivity index is 1.97. The molecule has 3 aromatic rings. The summed E-state index contributed by atoms with van der Waals surface area (Å²) in [6.45, 7) is 0.152. The number of pyridine rings is 1. The van der Waals surface area contributed by atoms with E-state index in [0.29, 0.717) is 0 Å². The largest absolute Gasteiger partial charge is 0.417 e. The number of halogens is 4. The van der Waals surface area contributed by atoms with Crippen molar-refractivity contribution in [3.05, 3.63) is 62.4 Å². The van der Waals surface area contributed by atoms with E-state index in [4.69, 9.17) is 0 Å². The molecule has 8 heteroatoms. The van der Waals surface area contributed by atoms with E-state index >= 15 is 0 Å². The van der Waals surface area contributed by atoms with E-state index in [1.807, 2.05) is 5.38 Å². The monoisotopic (exact) mass is 414 g/mol. The summed E-state index contributed by atoms with van der Waals surface area (Å²) in [5.74, 6) is -0.801. The Morgan fingerprint density at radius 2 is 2.04 bits per heavy atom. The van der Waals surface area contributed by atoms with Gasteiger partial charge in [0.25, 0.3) is 5.91 Å². The fourth-order valence-corrected chi connectivity index (χ4v) is 3.72. The van der Waals surface area contributed by atoms with Crippen molar-refractivity contribution in [3.8, 4) is 0 Å². The lowest BCUT2D eigenvalue weighted by molar-refractivity contribution is -0.136. The van der Waals surface area contributed by atoms with E-state index in [1.54, 1.807) is 12.1 Å². The molecule has 24 heavy (non-hydrogen) atoms. The third-order valence-corrected chi connectivity index (χ3v) is 5.05. The molecular formula is C16H10BrF3N2OS. The molecule has 1 amide bonds. The summed E-state index contributed by atoms with van der Waals surface area (Å²) in [7, 11) is 0. The van der Waals surface area contributed by atoms with Crippen LogP contribution >= 0.6 is 27.3 Å². The Hall–Kier alpha value is -1.93. The number of hydrogen-bond acceptors (Lipinski definition) is 3. The molecular weight excluding hydrogens is 405 g/mol. The van der Waals surface area contributed by atoms with Crippen molar-refractivity contribution in [2.45, 2.75) is 12.7 Å². The van der Waals surface area contributed by atoms with Crippen molar-refractivity contribution >= 4 is 44.1 Å². The number of alkyl halides is 3. The van der Waals surface area contributed by atoms with Crippen molar-refractivity contribution in [1.82, 2.24) is 10.3 Å². The van der Waals surface area contributed by atoms with Crippen molar-refractivity contribution in [2.75, 3.05) is 0 Å². The first-order valence-corrected chi connectivity index (χ1v) is 8.49. The van der Waals surface area contributed by atoms with Crippen LogP contribution < -0.4 is 5.32 Å². The lowest BCUT2D eigenvalue weighted by Crippen LogP contribution is -2.26. The van der Waals surface area contributed by atoms with Crippen LogP contribution in [0.5, 0.6) is 0 Å². The van der Waals surface area contributed by atoms with E-state index < -0.39 is 23.2 Å². The molecule has 0 radical (unpaired) electrons. The van der Waals surface area contributed by atoms with Gasteiger partial charge in [0, 0.05) is 26.3 Å². The van der Waals surface area contributed by atoms with Crippen molar-refractivity contribution in [2.24, 2.45) is 0 Å². The Morgan fingerprint density at radius 1 is 1.29 bits per heavy atom. The fraction of sp³-hybridized carbons (Fsp3) is 0.125. The average molecular weight is 415 g/mol. The smallest absolute Gasteiger partial charge is 0.347 e. The third-order valence-electron chi connectivity index (χ3n) is 3.35. The number of benzene rings is 1. The van der Waals surface area contributed by atoms with Gasteiger partial charge in [-0.15, -0.1) is 11.3 Å². The van der Waals surface area contributed by atoms with Crippen molar-refractivity contribution < 1.29 is 18.0 Å². The Kier molecular flexibility index (Phi) is 4.60. The molecule has 3 nitrogen and oxygen atoms in total. The lowest BCUT2D eigenvalue weighted by atomic mass is 10.0. The highest BCUT2D eigenvalue weighted by Crippen LogP contribution is 2.36. The van der Waals surface area contributed by atoms with E-state index in [2.05, 4.69) is 26.2 Å². The van der Waals surface area contributed by atoms with Gasteiger partial charge in [-0.25, -0.2) is 0 Å². The zero-order chi connectivity index (χ0) is 17.3. The molecule has 0 aliphatic carbocycles. The van der Waals surface area contributed by atoms with E-state index in [-0.39, 0.29) is 17.4 Å². The number of carbonyl (C=O) groups is 1. The predicted molar refractivity (Wildman–Crippen MR) is 89.9 cm³/mol. The number of rotatable bonds is 3. The summed E-state index contributed by atoms with van der Waals surface area (Å²) in [6, 6.07) is 7.69. The number of nitrogens with zero attached hydrogens (tertiary/aromatic N) is 1. The maximum absolute atomic E-state index is 13.5. The van der Waals surface area contributed by atoms with Crippen LogP contribution in [0.3, 0.4) is 0 Å². The van der Waals surface area contributed by atoms with Gasteiger partial charge < -0.3 is 5.32 Å². The first-order chi connectivity index (χ1) is 11.4. The molecule has 2 heterocycles. The first kappa shape index (κ1) is 16.9. The number of aromatic nitrogens is 1. The van der Waals surface area contributed by atoms with Gasteiger partial charge in [0.15, 0.2) is 0 Å². The van der Waals surface area contributed by atoms with Crippen LogP contribution in [0.2, 0.25) is 0 Å². The Morgan fingerprint density at radius 3 is 2.71 bits per heavy atom. The molecule has 0 spiro atoms. The molecule has 0 saturated carbocycles. The van der Waals surface area contributed by atoms with Crippen LogP contribution in [0.25, 0.3) is 10.9 Å². The zero-order valence-electron chi connectivity index (χ0n) is 12.0. The lowest BCUT2D eigenvalue weighted by Gasteiger charge is -2.15. The molecule has 0 aliphatic heterocycles. The summed E-state index contributed by atoms with van der Waals surface area (Å²) in [6.07, 6.45) is -3.67. The highest BCUT2D eigenvalue weighted by Gasteiger charge is 2.37. The van der Waals surface area contributed by atoms with Gasteiger partial charge in [-0.2, -0.15) is 13.2 Å². The molecule has 2 aromatic heterocycles. The van der Waals surface area contributed by atoms with Crippen molar-refractivity contribution in [1.29, 1.82) is 0 Å². The Bertz CT molecular complexity index is 908. The molecule has 0 aliphatic rings. The van der Waals surface area contributed by atoms with Gasteiger partial charge in [-0.1, -0.05) is 18.2 Å². The number of thiophene rings is 1. The van der Waals surface area contributed by atoms with Gasteiger partial charge in [0.1, 0.15) is 0 Å². The molecule has 3 rings (SSSR count). The number of fused-ring (bicyclic) bond motifs is 1. The number of para-hydroxylation sites is 1. The normalized spacial score (nSPS) is 11.7. The van der Waals surface area contributed by atoms with Crippen LogP contribution in [0.15, 0.2) is 46.4 Å². The summed E-state index contributed by atoms with van der Waals surface area (Å²) in [5.41, 5.74) is -1.24. The minimum absolute atomic E-state index is 0.0866. The zero-order valence-corrected chi connectivity index (χ0v) is 14.4. The molecule has 0 bridgehead atoms. The SMILES string of the molecule is O=C(NCc1cc(Br)cs1)c1cnc2ccccc2c1C(F)(F)F. The van der Waals surface area contributed by atoms with Crippen LogP contribution in [-0.2, 0) is 12.7 Å². The van der Waals surface area contributed by atoms with Crippen LogP contribution in [0.1, 0.15) is 20.8 Å². The summed E-state index contributed by atoms with van der Waals surface area (Å²) >= 11 is 4.69. The van der Waals surface area contributed by atoms with E-state index in [1.165, 1.54) is 29.5 Å². The topological polar surface area (TPSA) is 42.0 Å². The summed E-state index contributed by atoms with van der Waals surface area (Å²) < 4.78 is 41.3. The third kappa shape index (κ3) is 3.44. The average Bonchev–Trinajstić information content (AvgIpc) is 2.96. The van der Waals surface area contributed by atoms with Crippen LogP contribution in [0.4, 0.5) is 13.2 Å². The van der Waals surface area contributed by atoms with E-state index in [9.17, 15) is 18.0 Å². The van der Waals surface area contributed by atoms with Gasteiger partial charge in [-0.05, 0) is 28.1 Å². The minimum atomic E-state index is -4.65. The number of carbonyl (C=O) groups excluding carboxylic acids is 1. The predicted octanol–water partition coefficient (Wildman–Crippen LogP) is 5.01.